The van der Waals surface area contributed by atoms with E-state index in [1.54, 1.807) is 18.2 Å². The summed E-state index contributed by atoms with van der Waals surface area (Å²) in [7, 11) is 0. The lowest BCUT2D eigenvalue weighted by Crippen LogP contribution is -2.11. The van der Waals surface area contributed by atoms with Crippen LogP contribution in [0.15, 0.2) is 18.2 Å². The van der Waals surface area contributed by atoms with Gasteiger partial charge in [0.2, 0.25) is 0 Å². The van der Waals surface area contributed by atoms with Crippen molar-refractivity contribution in [1.29, 1.82) is 0 Å². The highest BCUT2D eigenvalue weighted by atomic mass is 35.5. The highest BCUT2D eigenvalue weighted by molar-refractivity contribution is 7.14. The molecule has 3 aromatic rings. The molecule has 0 fully saturated rings. The fourth-order valence-electron chi connectivity index (χ4n) is 1.73. The van der Waals surface area contributed by atoms with Crippen LogP contribution in [0.2, 0.25) is 5.02 Å². The molecule has 1 aromatic carbocycles. The maximum absolute atomic E-state index is 12.2. The lowest BCUT2D eigenvalue weighted by molar-refractivity contribution is 0.103. The molecule has 0 bridgehead atoms. The number of carbonyl (C=O) groups excluding carboxylic acids is 1. The minimum atomic E-state index is -0.253. The second kappa shape index (κ2) is 5.01. The van der Waals surface area contributed by atoms with Crippen molar-refractivity contribution in [3.8, 4) is 0 Å². The van der Waals surface area contributed by atoms with E-state index in [1.807, 2.05) is 6.92 Å². The Morgan fingerprint density at radius 2 is 2.20 bits per heavy atom. The van der Waals surface area contributed by atoms with Crippen molar-refractivity contribution < 1.29 is 4.79 Å². The van der Waals surface area contributed by atoms with Crippen molar-refractivity contribution in [3.63, 3.8) is 0 Å². The van der Waals surface area contributed by atoms with E-state index in [-0.39, 0.29) is 5.91 Å². The van der Waals surface area contributed by atoms with Crippen LogP contribution in [0.1, 0.15) is 14.5 Å². The van der Waals surface area contributed by atoms with Crippen molar-refractivity contribution in [1.82, 2.24) is 8.75 Å². The number of carbonyl (C=O) groups is 1. The third-order valence-corrected chi connectivity index (χ3v) is 4.72. The smallest absolute Gasteiger partial charge is 0.265 e. The van der Waals surface area contributed by atoms with E-state index in [1.165, 1.54) is 11.3 Å². The summed E-state index contributed by atoms with van der Waals surface area (Å²) in [5.74, 6) is -0.253. The van der Waals surface area contributed by atoms with Crippen molar-refractivity contribution in [3.05, 3.63) is 33.0 Å². The number of aryl methyl sites for hydroxylation is 1. The van der Waals surface area contributed by atoms with Gasteiger partial charge in [0.1, 0.15) is 11.0 Å². The number of benzene rings is 1. The van der Waals surface area contributed by atoms with E-state index in [0.29, 0.717) is 32.3 Å². The van der Waals surface area contributed by atoms with Gasteiger partial charge in [0.15, 0.2) is 0 Å². The Hall–Kier alpha value is -1.70. The second-order valence-corrected chi connectivity index (χ2v) is 6.32. The lowest BCUT2D eigenvalue weighted by atomic mass is 10.2. The van der Waals surface area contributed by atoms with Crippen LogP contribution in [-0.4, -0.2) is 14.7 Å². The van der Waals surface area contributed by atoms with Crippen LogP contribution < -0.4 is 11.1 Å². The van der Waals surface area contributed by atoms with Gasteiger partial charge >= 0.3 is 0 Å². The zero-order valence-corrected chi connectivity index (χ0v) is 12.7. The van der Waals surface area contributed by atoms with Crippen molar-refractivity contribution in [2.75, 3.05) is 11.1 Å². The molecular formula is C12H9ClN4OS2. The van der Waals surface area contributed by atoms with Crippen molar-refractivity contribution in [2.24, 2.45) is 0 Å². The summed E-state index contributed by atoms with van der Waals surface area (Å²) in [6.45, 7) is 1.87. The molecule has 0 saturated carbocycles. The van der Waals surface area contributed by atoms with E-state index in [0.717, 1.165) is 16.6 Å². The summed E-state index contributed by atoms with van der Waals surface area (Å²) >= 11 is 8.55. The number of rotatable bonds is 2. The maximum Gasteiger partial charge on any atom is 0.265 e. The number of hydrogen-bond donors (Lipinski definition) is 2. The molecular weight excluding hydrogens is 316 g/mol. The normalized spacial score (nSPS) is 10.9. The van der Waals surface area contributed by atoms with Crippen LogP contribution in [0.3, 0.4) is 0 Å². The van der Waals surface area contributed by atoms with Crippen molar-refractivity contribution >= 4 is 63.0 Å². The van der Waals surface area contributed by atoms with Gasteiger partial charge in [-0.2, -0.15) is 8.75 Å². The summed E-state index contributed by atoms with van der Waals surface area (Å²) in [5, 5.41) is 3.21. The molecule has 0 radical (unpaired) electrons. The van der Waals surface area contributed by atoms with Crippen LogP contribution in [0.4, 0.5) is 11.4 Å². The van der Waals surface area contributed by atoms with Gasteiger partial charge in [-0.05, 0) is 25.1 Å². The molecule has 0 saturated heterocycles. The van der Waals surface area contributed by atoms with Gasteiger partial charge in [-0.1, -0.05) is 11.6 Å². The summed E-state index contributed by atoms with van der Waals surface area (Å²) < 4.78 is 8.28. The number of nitrogen functional groups attached to an aromatic ring is 1. The Kier molecular flexibility index (Phi) is 3.33. The van der Waals surface area contributed by atoms with Crippen LogP contribution in [-0.2, 0) is 0 Å². The maximum atomic E-state index is 12.2. The van der Waals surface area contributed by atoms with Crippen LogP contribution >= 0.6 is 34.7 Å². The summed E-state index contributed by atoms with van der Waals surface area (Å²) in [4.78, 5) is 13.7. The fraction of sp³-hybridized carbons (Fsp3) is 0.0833. The average molecular weight is 325 g/mol. The molecule has 0 aliphatic heterocycles. The number of amides is 1. The van der Waals surface area contributed by atoms with Gasteiger partial charge in [0.05, 0.1) is 27.3 Å². The molecule has 102 valence electrons. The molecule has 2 aromatic heterocycles. The first-order chi connectivity index (χ1) is 9.56. The molecule has 2 heterocycles. The van der Waals surface area contributed by atoms with Gasteiger partial charge in [-0.3, -0.25) is 4.79 Å². The first kappa shape index (κ1) is 13.3. The van der Waals surface area contributed by atoms with Crippen molar-refractivity contribution in [2.45, 2.75) is 6.92 Å². The molecule has 0 spiro atoms. The van der Waals surface area contributed by atoms with E-state index >= 15 is 0 Å². The van der Waals surface area contributed by atoms with E-state index in [2.05, 4.69) is 14.1 Å². The molecule has 3 rings (SSSR count). The first-order valence-corrected chi connectivity index (χ1v) is 7.57. The van der Waals surface area contributed by atoms with Gasteiger partial charge in [0.25, 0.3) is 5.91 Å². The summed E-state index contributed by atoms with van der Waals surface area (Å²) in [5.41, 5.74) is 8.15. The molecule has 5 nitrogen and oxygen atoms in total. The largest absolute Gasteiger partial charge is 0.398 e. The number of halogens is 1. The van der Waals surface area contributed by atoms with E-state index in [9.17, 15) is 4.79 Å². The van der Waals surface area contributed by atoms with Crippen LogP contribution in [0.5, 0.6) is 0 Å². The second-order valence-electron chi connectivity index (χ2n) is 4.13. The first-order valence-electron chi connectivity index (χ1n) is 5.64. The van der Waals surface area contributed by atoms with Crippen LogP contribution in [0, 0.1) is 6.92 Å². The molecule has 3 N–H and O–H groups in total. The SMILES string of the molecule is Cc1sc(C(=O)Nc2c(Cl)ccc3nsnc23)cc1N. The summed E-state index contributed by atoms with van der Waals surface area (Å²) in [6.07, 6.45) is 0. The lowest BCUT2D eigenvalue weighted by Gasteiger charge is -2.06. The fourth-order valence-corrected chi connectivity index (χ4v) is 3.31. The average Bonchev–Trinajstić information content (AvgIpc) is 3.00. The Labute approximate surface area is 127 Å². The van der Waals surface area contributed by atoms with Gasteiger partial charge < -0.3 is 11.1 Å². The number of nitrogens with zero attached hydrogens (tertiary/aromatic N) is 2. The Bertz CT molecular complexity index is 792. The zero-order valence-electron chi connectivity index (χ0n) is 10.3. The predicted octanol–water partition coefficient (Wildman–Crippen LogP) is 3.55. The van der Waals surface area contributed by atoms with E-state index < -0.39 is 0 Å². The third kappa shape index (κ3) is 2.24. The predicted molar refractivity (Wildman–Crippen MR) is 83.8 cm³/mol. The molecule has 0 aliphatic rings. The van der Waals surface area contributed by atoms with Crippen LogP contribution in [0.25, 0.3) is 11.0 Å². The van der Waals surface area contributed by atoms with Gasteiger partial charge in [-0.15, -0.1) is 11.3 Å². The molecule has 0 unspecified atom stereocenters. The molecule has 1 amide bonds. The molecule has 8 heteroatoms. The minimum Gasteiger partial charge on any atom is -0.398 e. The number of aromatic nitrogens is 2. The number of fused-ring (bicyclic) bond motifs is 1. The highest BCUT2D eigenvalue weighted by Crippen LogP contribution is 2.31. The topological polar surface area (TPSA) is 80.9 Å². The number of hydrogen-bond acceptors (Lipinski definition) is 6. The monoisotopic (exact) mass is 324 g/mol. The Morgan fingerprint density at radius 3 is 2.90 bits per heavy atom. The zero-order chi connectivity index (χ0) is 14.3. The quantitative estimate of drug-likeness (QED) is 0.755. The minimum absolute atomic E-state index is 0.253. The Balaban J connectivity index is 1.98. The van der Waals surface area contributed by atoms with Gasteiger partial charge in [0, 0.05) is 10.6 Å². The number of thiophene rings is 1. The summed E-state index contributed by atoms with van der Waals surface area (Å²) in [6, 6.07) is 5.11. The standard InChI is InChI=1S/C12H9ClN4OS2/c1-5-7(14)4-9(19-5)12(18)15-10-6(13)2-3-8-11(10)17-20-16-8/h2-4H,14H2,1H3,(H,15,18). The Morgan fingerprint density at radius 1 is 1.40 bits per heavy atom. The molecule has 20 heavy (non-hydrogen) atoms. The molecule has 0 atom stereocenters. The van der Waals surface area contributed by atoms with E-state index in [4.69, 9.17) is 17.3 Å². The number of nitrogens with two attached hydrogens (primary N) is 1. The third-order valence-electron chi connectivity index (χ3n) is 2.80. The van der Waals surface area contributed by atoms with Gasteiger partial charge in [-0.25, -0.2) is 0 Å². The number of nitrogens with one attached hydrogen (secondary N) is 1. The molecule has 0 aliphatic carbocycles. The number of anilines is 2. The highest BCUT2D eigenvalue weighted by Gasteiger charge is 2.16.